The maximum atomic E-state index is 13.9. The summed E-state index contributed by atoms with van der Waals surface area (Å²) in [5.74, 6) is 1.83. The smallest absolute Gasteiger partial charge is 0.429 e. The van der Waals surface area contributed by atoms with Gasteiger partial charge in [0.1, 0.15) is 45.7 Å². The van der Waals surface area contributed by atoms with Crippen LogP contribution in [0.2, 0.25) is 0 Å². The molecule has 4 N–H and O–H groups in total. The summed E-state index contributed by atoms with van der Waals surface area (Å²) < 4.78 is 44.0. The molecule has 0 radical (unpaired) electrons. The second-order valence-corrected chi connectivity index (χ2v) is 37.0. The van der Waals surface area contributed by atoms with E-state index < -0.39 is 93.7 Å². The van der Waals surface area contributed by atoms with Gasteiger partial charge in [0.05, 0.1) is 77.0 Å². The monoisotopic (exact) mass is 2090 g/mol. The van der Waals surface area contributed by atoms with Gasteiger partial charge in [-0.05, 0) is 209 Å². The Morgan fingerprint density at radius 1 is 0.462 bits per heavy atom. The summed E-state index contributed by atoms with van der Waals surface area (Å²) in [6, 6.07) is 52.1. The molecule has 0 aromatic heterocycles. The van der Waals surface area contributed by atoms with Crippen LogP contribution in [0.15, 0.2) is 195 Å². The summed E-state index contributed by atoms with van der Waals surface area (Å²) in [5, 5.41) is 9.41. The quantitative estimate of drug-likeness (QED) is 0.00600. The second-order valence-electron chi connectivity index (χ2n) is 35.8. The van der Waals surface area contributed by atoms with Crippen LogP contribution in [0.25, 0.3) is 0 Å². The maximum Gasteiger partial charge on any atom is 0.429 e. The van der Waals surface area contributed by atoms with Crippen LogP contribution in [0.4, 0.5) is 33.6 Å². The molecule has 0 saturated carbocycles. The zero-order valence-electron chi connectivity index (χ0n) is 85.2. The average molecular weight is 2090 g/mol. The molecule has 0 spiro atoms. The lowest BCUT2D eigenvalue weighted by molar-refractivity contribution is -0.306. The first kappa shape index (κ1) is 125. The van der Waals surface area contributed by atoms with Gasteiger partial charge in [0.15, 0.2) is 18.1 Å². The fourth-order valence-electron chi connectivity index (χ4n) is 13.1. The molecule has 0 unspecified atom stereocenters. The maximum absolute atomic E-state index is 13.9. The van der Waals surface area contributed by atoms with Crippen LogP contribution in [0.1, 0.15) is 187 Å². The molecule has 5 heterocycles. The van der Waals surface area contributed by atoms with Gasteiger partial charge >= 0.3 is 76.2 Å². The third-order valence-electron chi connectivity index (χ3n) is 19.7. The number of fused-ring (bicyclic) bond motifs is 1. The lowest BCUT2D eigenvalue weighted by Crippen LogP contribution is -2.63. The number of amides is 9. The highest BCUT2D eigenvalue weighted by Gasteiger charge is 2.47. The number of hydrogen-bond donors (Lipinski definition) is 3. The summed E-state index contributed by atoms with van der Waals surface area (Å²) in [4.78, 5) is 199. The van der Waals surface area contributed by atoms with E-state index in [1.807, 2.05) is 244 Å². The molecule has 11 rings (SSSR count). The Morgan fingerprint density at radius 3 is 1.26 bits per heavy atom. The minimum atomic E-state index is -1.02. The molecule has 9 amide bonds. The van der Waals surface area contributed by atoms with Gasteiger partial charge in [-0.1, -0.05) is 189 Å². The number of benzene rings is 6. The number of hydrogen-bond acceptors (Lipinski definition) is 32. The number of methoxy groups -OCH3 is 4. The van der Waals surface area contributed by atoms with E-state index in [2.05, 4.69) is 55.0 Å². The Morgan fingerprint density at radius 2 is 0.848 bits per heavy atom. The van der Waals surface area contributed by atoms with Crippen LogP contribution >= 0.6 is 34.8 Å². The van der Waals surface area contributed by atoms with Crippen molar-refractivity contribution in [1.29, 1.82) is 0 Å². The third-order valence-corrected chi connectivity index (χ3v) is 19.9. The van der Waals surface area contributed by atoms with Gasteiger partial charge in [-0.2, -0.15) is 0 Å². The number of nitrogens with zero attached hydrogens (tertiary/aromatic N) is 9. The molecule has 6 aromatic rings. The van der Waals surface area contributed by atoms with Crippen molar-refractivity contribution in [2.24, 2.45) is 5.90 Å². The SMILES string of the molecule is C=CC(=O)OCc1ccccc1.CC(C)(C)ON.CC(C)(C)ONCCC(=O)OCc1ccccc1.COC(=O)[C@@H]1CCCN(C(=O)OCc2ccccc2)N1.COC(=O)[C@@H]1CCCN(C(=O)OCc2ccccc2)N1C(=O)Cl.COC(=O)[C@@H]1CCCN(C(=O)OCc2ccccc2)N1C(=O)N(CCCOOCc1ccccc1)OC(C)(C)C.COC(=O)[C@@H]1CCCN2C(=O)CCN(OC(C)(C)C)C(=O)N12.O=C(Cl)Cl. The molecule has 798 valence electrons. The van der Waals surface area contributed by atoms with E-state index in [9.17, 15) is 62.3 Å². The second kappa shape index (κ2) is 66.4. The number of esters is 6. The number of hydrazine groups is 4. The Labute approximate surface area is 862 Å². The van der Waals surface area contributed by atoms with Gasteiger partial charge in [-0.3, -0.25) is 43.3 Å². The zero-order chi connectivity index (χ0) is 108. The first-order valence-corrected chi connectivity index (χ1v) is 47.8. The van der Waals surface area contributed by atoms with E-state index in [-0.39, 0.29) is 101 Å². The normalized spacial score (nSPS) is 15.9. The molecule has 5 fully saturated rings. The standard InChI is InChI=1S/C29H39N3O8.C15H17ClN2O5.C14H23N3O5.C14H18N2O4.C14H21NO3.C10H10O2.C4H11NO.CCl2O/c1-29(2,3)40-31(19-12-20-38-39-22-24-15-9-6-10-16-24)27(34)32-25(26(33)36-4)17-11-18-30(32)28(35)37-21-23-13-7-5-8-14-23;1-22-13(19)12-8-5-9-17(18(12)14(16)20)15(21)23-10-11-6-3-2-4-7-11;1-14(2,3)22-16-9-7-11(18)15-8-5-6-10(12(19)21-4)17(15)13(16)20;1-19-13(17)12-8-5-9-16(15-12)14(18)20-10-11-6-3-2-4-7-11;1-14(2,3)18-15-10-9-13(16)17-11-12-7-5-4-6-8-12;1-2-10(11)12-8-9-6-4-3-5-7-9;1-4(2,3)6-5;2-1(3)4/h5-10,13-16,25H,11-12,17-22H2,1-4H3;2-4,6-7,12H,5,8-10H2,1H3;10H,5-9H2,1-4H3;2-4,6-7,12,15H,5,8-10H2,1H3;4-8,15H,9-11H2,1-3H3;2-7H,1,8H2;5H2,1-3H3;/t25-;12-;10-;12-;;;;/m0000..../s1. The van der Waals surface area contributed by atoms with Crippen molar-refractivity contribution in [3.8, 4) is 0 Å². The lowest BCUT2D eigenvalue weighted by atomic mass is 10.1. The van der Waals surface area contributed by atoms with Crippen molar-refractivity contribution >= 4 is 117 Å². The number of rotatable bonds is 28. The van der Waals surface area contributed by atoms with E-state index >= 15 is 0 Å². The third kappa shape index (κ3) is 50.1. The predicted molar refractivity (Wildman–Crippen MR) is 532 cm³/mol. The van der Waals surface area contributed by atoms with Crippen LogP contribution in [-0.4, -0.2) is 255 Å². The van der Waals surface area contributed by atoms with Crippen LogP contribution < -0.4 is 16.8 Å². The fourth-order valence-corrected chi connectivity index (χ4v) is 13.3. The highest BCUT2D eigenvalue weighted by atomic mass is 35.5. The number of urea groups is 2. The minimum absolute atomic E-state index is 0.0175. The van der Waals surface area contributed by atoms with Crippen molar-refractivity contribution < 1.29 is 139 Å². The molecule has 44 heteroatoms. The molecule has 0 bridgehead atoms. The fraction of sp³-hybridized carbons (Fsp3) is 0.485. The molecule has 41 nitrogen and oxygen atoms in total. The number of carbonyl (C=O) groups excluding carboxylic acids is 14. The van der Waals surface area contributed by atoms with E-state index in [1.165, 1.54) is 48.5 Å². The molecule has 4 atom stereocenters. The van der Waals surface area contributed by atoms with Gasteiger partial charge in [0.25, 0.3) is 0 Å². The number of carbonyl (C=O) groups is 14. The number of nitrogens with two attached hydrogens (primary N) is 1. The van der Waals surface area contributed by atoms with E-state index in [4.69, 9.17) is 79.7 Å². The molecule has 5 saturated heterocycles. The molecule has 5 aliphatic heterocycles. The minimum Gasteiger partial charge on any atom is -0.468 e. The molecule has 145 heavy (non-hydrogen) atoms. The Bertz CT molecular complexity index is 4930. The van der Waals surface area contributed by atoms with E-state index in [0.717, 1.165) is 71.0 Å². The number of hydroxylamine groups is 5. The average Bonchev–Trinajstić information content (AvgIpc) is 1.73. The summed E-state index contributed by atoms with van der Waals surface area (Å²) >= 11 is 14.3. The molecule has 6 aromatic carbocycles. The van der Waals surface area contributed by atoms with Gasteiger partial charge in [0, 0.05) is 45.2 Å². The summed E-state index contributed by atoms with van der Waals surface area (Å²) in [7, 11) is 5.06. The lowest BCUT2D eigenvalue weighted by Gasteiger charge is -2.44. The van der Waals surface area contributed by atoms with Gasteiger partial charge < -0.3 is 42.6 Å². The molecular weight excluding hydrogens is 1950 g/mol. The highest BCUT2D eigenvalue weighted by Crippen LogP contribution is 2.30. The van der Waals surface area contributed by atoms with E-state index in [0.29, 0.717) is 90.6 Å². The summed E-state index contributed by atoms with van der Waals surface area (Å²) in [6.45, 7) is 29.1. The number of ether oxygens (including phenoxy) is 9. The molecule has 0 aliphatic carbocycles. The van der Waals surface area contributed by atoms with Crippen molar-refractivity contribution in [2.45, 2.75) is 240 Å². The zero-order valence-corrected chi connectivity index (χ0v) is 87.4. The van der Waals surface area contributed by atoms with Crippen molar-refractivity contribution in [3.05, 3.63) is 228 Å². The Hall–Kier alpha value is -12.7. The molecular formula is C101H139Cl3N12O29. The Kier molecular flexibility index (Phi) is 57.1. The van der Waals surface area contributed by atoms with Gasteiger partial charge in [-0.15, -0.1) is 0 Å². The number of halogens is 3. The molecule has 5 aliphatic rings. The van der Waals surface area contributed by atoms with Crippen LogP contribution in [0, 0.1) is 0 Å². The number of nitrogens with one attached hydrogen (secondary N) is 2. The first-order valence-electron chi connectivity index (χ1n) is 46.6. The summed E-state index contributed by atoms with van der Waals surface area (Å²) in [5.41, 5.74) is 9.28. The van der Waals surface area contributed by atoms with Crippen molar-refractivity contribution in [1.82, 2.24) is 56.1 Å². The highest BCUT2D eigenvalue weighted by molar-refractivity contribution is 6.93. The predicted octanol–water partition coefficient (Wildman–Crippen LogP) is 16.4. The topological polar surface area (TPSA) is 457 Å². The Balaban J connectivity index is 0.000000367. The van der Waals surface area contributed by atoms with Crippen LogP contribution in [0.5, 0.6) is 0 Å². The van der Waals surface area contributed by atoms with E-state index in [1.54, 1.807) is 20.8 Å². The van der Waals surface area contributed by atoms with Gasteiger partial charge in [-0.25, -0.2) is 115 Å². The van der Waals surface area contributed by atoms with Crippen LogP contribution in [0.3, 0.4) is 0 Å². The summed E-state index contributed by atoms with van der Waals surface area (Å²) in [6.07, 6.45) is 4.19. The van der Waals surface area contributed by atoms with Gasteiger partial charge in [0.2, 0.25) is 5.91 Å². The van der Waals surface area contributed by atoms with Crippen molar-refractivity contribution in [3.63, 3.8) is 0 Å². The van der Waals surface area contributed by atoms with Crippen molar-refractivity contribution in [2.75, 3.05) is 80.9 Å². The van der Waals surface area contributed by atoms with Crippen LogP contribution in [-0.2, 0) is 145 Å². The first-order chi connectivity index (χ1) is 68.8. The largest absolute Gasteiger partial charge is 0.468 e.